The van der Waals surface area contributed by atoms with Crippen LogP contribution in [0.5, 0.6) is 0 Å². The van der Waals surface area contributed by atoms with Gasteiger partial charge in [0.25, 0.3) is 0 Å². The summed E-state index contributed by atoms with van der Waals surface area (Å²) >= 11 is 0. The molecule has 0 heterocycles. The van der Waals surface area contributed by atoms with Crippen molar-refractivity contribution in [1.29, 1.82) is 0 Å². The summed E-state index contributed by atoms with van der Waals surface area (Å²) in [6.45, 7) is 1.96. The van der Waals surface area contributed by atoms with Crippen LogP contribution in [0.3, 0.4) is 0 Å². The van der Waals surface area contributed by atoms with E-state index in [1.807, 2.05) is 67.6 Å². The molecule has 0 fully saturated rings. The van der Waals surface area contributed by atoms with Gasteiger partial charge in [-0.25, -0.2) is 8.42 Å². The highest BCUT2D eigenvalue weighted by Gasteiger charge is 2.22. The van der Waals surface area contributed by atoms with Crippen LogP contribution in [0.15, 0.2) is 60.7 Å². The van der Waals surface area contributed by atoms with E-state index in [9.17, 15) is 13.2 Å². The fourth-order valence-corrected chi connectivity index (χ4v) is 3.32. The van der Waals surface area contributed by atoms with Gasteiger partial charge in [0, 0.05) is 6.54 Å². The van der Waals surface area contributed by atoms with Gasteiger partial charge in [0.15, 0.2) is 0 Å². The maximum Gasteiger partial charge on any atom is 0.235 e. The molecule has 2 aromatic carbocycles. The maximum atomic E-state index is 12.4. The Balaban J connectivity index is 2.06. The molecular weight excluding hydrogens is 336 g/mol. The molecule has 0 aliphatic carbocycles. The van der Waals surface area contributed by atoms with Gasteiger partial charge >= 0.3 is 0 Å². The van der Waals surface area contributed by atoms with Crippen LogP contribution in [0, 0.1) is 0 Å². The molecule has 2 rings (SSSR count). The van der Waals surface area contributed by atoms with Crippen LogP contribution < -0.4 is 5.32 Å². The van der Waals surface area contributed by atoms with E-state index in [0.717, 1.165) is 23.8 Å². The van der Waals surface area contributed by atoms with Crippen LogP contribution in [-0.2, 0) is 21.4 Å². The molecule has 134 valence electrons. The molecular formula is C19H24N2O3S. The van der Waals surface area contributed by atoms with Crippen molar-refractivity contribution < 1.29 is 13.2 Å². The number of amides is 1. The van der Waals surface area contributed by atoms with Gasteiger partial charge in [0.05, 0.1) is 18.8 Å². The molecule has 5 nitrogen and oxygen atoms in total. The van der Waals surface area contributed by atoms with Crippen molar-refractivity contribution in [3.8, 4) is 0 Å². The molecule has 0 saturated heterocycles. The van der Waals surface area contributed by atoms with Gasteiger partial charge in [-0.2, -0.15) is 4.31 Å². The van der Waals surface area contributed by atoms with E-state index in [4.69, 9.17) is 0 Å². The molecule has 6 heteroatoms. The van der Waals surface area contributed by atoms with Crippen molar-refractivity contribution in [2.24, 2.45) is 0 Å². The molecule has 0 aromatic heterocycles. The molecule has 2 aromatic rings. The monoisotopic (exact) mass is 360 g/mol. The quantitative estimate of drug-likeness (QED) is 0.787. The molecule has 1 atom stereocenters. The summed E-state index contributed by atoms with van der Waals surface area (Å²) in [6.07, 6.45) is 1.85. The Bertz CT molecular complexity index is 777. The zero-order valence-electron chi connectivity index (χ0n) is 14.6. The molecule has 0 unspecified atom stereocenters. The van der Waals surface area contributed by atoms with Crippen molar-refractivity contribution in [3.05, 3.63) is 71.8 Å². The second kappa shape index (κ2) is 8.78. The highest BCUT2D eigenvalue weighted by atomic mass is 32.2. The van der Waals surface area contributed by atoms with Crippen LogP contribution in [0.1, 0.15) is 30.5 Å². The summed E-state index contributed by atoms with van der Waals surface area (Å²) in [7, 11) is -3.49. The van der Waals surface area contributed by atoms with Crippen LogP contribution >= 0.6 is 0 Å². The highest BCUT2D eigenvalue weighted by molar-refractivity contribution is 7.88. The first-order valence-electron chi connectivity index (χ1n) is 8.23. The molecule has 0 radical (unpaired) electrons. The van der Waals surface area contributed by atoms with Gasteiger partial charge in [-0.1, -0.05) is 67.6 Å². The topological polar surface area (TPSA) is 66.5 Å². The molecule has 0 saturated carbocycles. The van der Waals surface area contributed by atoms with Crippen molar-refractivity contribution >= 4 is 15.9 Å². The molecule has 25 heavy (non-hydrogen) atoms. The third-order valence-electron chi connectivity index (χ3n) is 3.94. The number of hydrogen-bond acceptors (Lipinski definition) is 3. The van der Waals surface area contributed by atoms with E-state index in [-0.39, 0.29) is 25.0 Å². The zero-order valence-corrected chi connectivity index (χ0v) is 15.4. The smallest absolute Gasteiger partial charge is 0.235 e. The third-order valence-corrected chi connectivity index (χ3v) is 5.13. The van der Waals surface area contributed by atoms with Crippen LogP contribution in [0.25, 0.3) is 0 Å². The van der Waals surface area contributed by atoms with Gasteiger partial charge < -0.3 is 5.32 Å². The Morgan fingerprint density at radius 2 is 1.60 bits per heavy atom. The lowest BCUT2D eigenvalue weighted by Gasteiger charge is -2.22. The largest absolute Gasteiger partial charge is 0.348 e. The Labute approximate surface area is 149 Å². The Morgan fingerprint density at radius 3 is 2.12 bits per heavy atom. The minimum atomic E-state index is -3.49. The average molecular weight is 360 g/mol. The summed E-state index contributed by atoms with van der Waals surface area (Å²) in [4.78, 5) is 12.4. The second-order valence-electron chi connectivity index (χ2n) is 5.96. The molecule has 0 aliphatic rings. The first-order valence-corrected chi connectivity index (χ1v) is 10.1. The van der Waals surface area contributed by atoms with E-state index in [2.05, 4.69) is 5.32 Å². The van der Waals surface area contributed by atoms with Crippen molar-refractivity contribution in [2.75, 3.05) is 12.8 Å². The first-order chi connectivity index (χ1) is 11.9. The Hall–Kier alpha value is -2.18. The van der Waals surface area contributed by atoms with Crippen molar-refractivity contribution in [1.82, 2.24) is 9.62 Å². The molecule has 1 N–H and O–H groups in total. The standard InChI is InChI=1S/C19H24N2O3S/c1-3-18(17-12-8-5-9-13-17)20-19(22)15-21(25(2,23)24)14-16-10-6-4-7-11-16/h4-13,18H,3,14-15H2,1-2H3,(H,20,22)/t18-/m1/s1. The predicted molar refractivity (Wildman–Crippen MR) is 99.3 cm³/mol. The predicted octanol–water partition coefficient (Wildman–Crippen LogP) is 2.72. The fraction of sp³-hybridized carbons (Fsp3) is 0.316. The van der Waals surface area contributed by atoms with E-state index in [1.54, 1.807) is 0 Å². The summed E-state index contributed by atoms with van der Waals surface area (Å²) < 4.78 is 25.3. The number of hydrogen-bond donors (Lipinski definition) is 1. The lowest BCUT2D eigenvalue weighted by molar-refractivity contribution is -0.122. The highest BCUT2D eigenvalue weighted by Crippen LogP contribution is 2.16. The lowest BCUT2D eigenvalue weighted by Crippen LogP contribution is -2.41. The van der Waals surface area contributed by atoms with E-state index in [0.29, 0.717) is 0 Å². The summed E-state index contributed by atoms with van der Waals surface area (Å²) in [5, 5.41) is 2.93. The third kappa shape index (κ3) is 5.99. The average Bonchev–Trinajstić information content (AvgIpc) is 2.60. The number of rotatable bonds is 8. The minimum absolute atomic E-state index is 0.133. The maximum absolute atomic E-state index is 12.4. The number of sulfonamides is 1. The number of nitrogens with one attached hydrogen (secondary N) is 1. The van der Waals surface area contributed by atoms with Crippen molar-refractivity contribution in [2.45, 2.75) is 25.9 Å². The molecule has 0 spiro atoms. The van der Waals surface area contributed by atoms with Crippen LogP contribution in [0.2, 0.25) is 0 Å². The Morgan fingerprint density at radius 1 is 1.04 bits per heavy atom. The van der Waals surface area contributed by atoms with E-state index >= 15 is 0 Å². The first kappa shape index (κ1) is 19.1. The molecule has 1 amide bonds. The van der Waals surface area contributed by atoms with Gasteiger partial charge in [-0.15, -0.1) is 0 Å². The minimum Gasteiger partial charge on any atom is -0.348 e. The second-order valence-corrected chi connectivity index (χ2v) is 7.94. The number of nitrogens with zero attached hydrogens (tertiary/aromatic N) is 1. The number of carbonyl (C=O) groups is 1. The lowest BCUT2D eigenvalue weighted by atomic mass is 10.0. The normalized spacial score (nSPS) is 12.8. The Kier molecular flexibility index (Phi) is 6.73. The van der Waals surface area contributed by atoms with Gasteiger partial charge in [-0.05, 0) is 17.5 Å². The van der Waals surface area contributed by atoms with Gasteiger partial charge in [-0.3, -0.25) is 4.79 Å². The zero-order chi connectivity index (χ0) is 18.3. The van der Waals surface area contributed by atoms with Gasteiger partial charge in [0.2, 0.25) is 15.9 Å². The summed E-state index contributed by atoms with van der Waals surface area (Å²) in [5.74, 6) is -0.308. The fourth-order valence-electron chi connectivity index (χ4n) is 2.58. The van der Waals surface area contributed by atoms with Crippen LogP contribution in [-0.4, -0.2) is 31.4 Å². The van der Waals surface area contributed by atoms with E-state index in [1.165, 1.54) is 4.31 Å². The summed E-state index contributed by atoms with van der Waals surface area (Å²) in [5.41, 5.74) is 1.85. The molecule has 0 bridgehead atoms. The number of carbonyl (C=O) groups excluding carboxylic acids is 1. The van der Waals surface area contributed by atoms with Crippen molar-refractivity contribution in [3.63, 3.8) is 0 Å². The van der Waals surface area contributed by atoms with Crippen LogP contribution in [0.4, 0.5) is 0 Å². The molecule has 0 aliphatic heterocycles. The van der Waals surface area contributed by atoms with E-state index < -0.39 is 10.0 Å². The van der Waals surface area contributed by atoms with Gasteiger partial charge in [0.1, 0.15) is 0 Å². The summed E-state index contributed by atoms with van der Waals surface area (Å²) in [6, 6.07) is 18.8. The SMILES string of the molecule is CC[C@@H](NC(=O)CN(Cc1ccccc1)S(C)(=O)=O)c1ccccc1. The number of benzene rings is 2.